The predicted octanol–water partition coefficient (Wildman–Crippen LogP) is 4.27. The van der Waals surface area contributed by atoms with E-state index in [1.807, 2.05) is 19.2 Å². The summed E-state index contributed by atoms with van der Waals surface area (Å²) in [7, 11) is -3.84. The molecule has 0 radical (unpaired) electrons. The van der Waals surface area contributed by atoms with Gasteiger partial charge in [0.05, 0.1) is 22.4 Å². The van der Waals surface area contributed by atoms with Crippen molar-refractivity contribution in [1.29, 1.82) is 0 Å². The minimum Gasteiger partial charge on any atom is -0.489 e. The Balaban J connectivity index is 1.25. The molecule has 2 heterocycles. The second kappa shape index (κ2) is 10.5. The van der Waals surface area contributed by atoms with E-state index >= 15 is 0 Å². The molecule has 3 aromatic rings. The summed E-state index contributed by atoms with van der Waals surface area (Å²) < 4.78 is 29.5. The number of ether oxygens (including phenoxy) is 1. The molecule has 0 bridgehead atoms. The Morgan fingerprint density at radius 3 is 2.47 bits per heavy atom. The monoisotopic (exact) mass is 527 g/mol. The highest BCUT2D eigenvalue weighted by molar-refractivity contribution is 7.89. The molecular weight excluding hydrogens is 494 g/mol. The molecule has 1 saturated carbocycles. The molecule has 0 unspecified atom stereocenters. The van der Waals surface area contributed by atoms with E-state index in [1.165, 1.54) is 55.0 Å². The van der Waals surface area contributed by atoms with Crippen molar-refractivity contribution in [3.8, 4) is 17.0 Å². The van der Waals surface area contributed by atoms with Crippen molar-refractivity contribution in [3.63, 3.8) is 0 Å². The average molecular weight is 528 g/mol. The van der Waals surface area contributed by atoms with E-state index in [0.717, 1.165) is 36.9 Å². The minimum absolute atomic E-state index is 0.0161. The summed E-state index contributed by atoms with van der Waals surface area (Å²) >= 11 is 1.45. The van der Waals surface area contributed by atoms with Crippen LogP contribution in [0.3, 0.4) is 0 Å². The van der Waals surface area contributed by atoms with Crippen LogP contribution in [0.4, 0.5) is 10.8 Å². The molecule has 2 fully saturated rings. The van der Waals surface area contributed by atoms with Gasteiger partial charge in [-0.2, -0.15) is 0 Å². The molecule has 1 aliphatic carbocycles. The summed E-state index contributed by atoms with van der Waals surface area (Å²) in [5, 5.41) is 11.2. The number of thiazole rings is 1. The highest BCUT2D eigenvalue weighted by atomic mass is 32.2. The Morgan fingerprint density at radius 2 is 1.83 bits per heavy atom. The molecule has 36 heavy (non-hydrogen) atoms. The molecular formula is C26H33N5O3S2. The third-order valence-corrected chi connectivity index (χ3v) is 8.18. The van der Waals surface area contributed by atoms with E-state index in [4.69, 9.17) is 14.9 Å². The lowest BCUT2D eigenvalue weighted by atomic mass is 10.1. The molecule has 2 aliphatic rings. The van der Waals surface area contributed by atoms with Crippen LogP contribution in [-0.2, 0) is 16.6 Å². The van der Waals surface area contributed by atoms with E-state index in [1.54, 1.807) is 6.07 Å². The van der Waals surface area contributed by atoms with Crippen LogP contribution < -0.4 is 15.2 Å². The summed E-state index contributed by atoms with van der Waals surface area (Å²) in [6, 6.07) is 14.0. The van der Waals surface area contributed by atoms with Gasteiger partial charge in [-0.15, -0.1) is 11.3 Å². The van der Waals surface area contributed by atoms with Gasteiger partial charge in [-0.25, -0.2) is 18.5 Å². The standard InChI is InChI=1S/C26H33N5O3S2/c1-18(2)34-25-10-9-22(36(27,32)33)15-23(25)28-26-29-24(17-35-26)20-5-3-19(4-6-20)16-30-11-13-31(14-12-30)21-7-8-21/h3-6,9-10,15,17-18,21H,7-8,11-14,16H2,1-2H3,(H,28,29)(H2,27,32,33). The molecule has 1 saturated heterocycles. The van der Waals surface area contributed by atoms with Gasteiger partial charge in [-0.1, -0.05) is 24.3 Å². The molecule has 0 atom stereocenters. The number of primary sulfonamides is 1. The van der Waals surface area contributed by atoms with Gasteiger partial charge in [0.1, 0.15) is 5.75 Å². The highest BCUT2D eigenvalue weighted by Gasteiger charge is 2.31. The Hall–Kier alpha value is -2.50. The number of piperazine rings is 1. The zero-order valence-electron chi connectivity index (χ0n) is 20.7. The molecule has 5 rings (SSSR count). The van der Waals surface area contributed by atoms with Gasteiger partial charge in [-0.3, -0.25) is 9.80 Å². The van der Waals surface area contributed by atoms with Gasteiger partial charge in [0.15, 0.2) is 5.13 Å². The van der Waals surface area contributed by atoms with Crippen molar-refractivity contribution >= 4 is 32.2 Å². The number of rotatable bonds is 9. The normalized spacial score (nSPS) is 17.4. The lowest BCUT2D eigenvalue weighted by molar-refractivity contribution is 0.121. The molecule has 8 nitrogen and oxygen atoms in total. The second-order valence-corrected chi connectivity index (χ2v) is 12.2. The Kier molecular flexibility index (Phi) is 7.32. The molecule has 2 aromatic carbocycles. The van der Waals surface area contributed by atoms with Crippen LogP contribution in [0.2, 0.25) is 0 Å². The average Bonchev–Trinajstić information content (AvgIpc) is 3.59. The number of aromatic nitrogens is 1. The lowest BCUT2D eigenvalue weighted by Gasteiger charge is -2.34. The Labute approximate surface area is 217 Å². The first-order valence-corrected chi connectivity index (χ1v) is 14.8. The van der Waals surface area contributed by atoms with Crippen molar-refractivity contribution in [2.75, 3.05) is 31.5 Å². The first kappa shape index (κ1) is 25.2. The number of hydrogen-bond donors (Lipinski definition) is 2. The van der Waals surface area contributed by atoms with Crippen LogP contribution in [0.15, 0.2) is 52.7 Å². The van der Waals surface area contributed by atoms with Gasteiger partial charge in [0, 0.05) is 49.7 Å². The zero-order chi connectivity index (χ0) is 25.3. The van der Waals surface area contributed by atoms with Crippen LogP contribution in [0, 0.1) is 0 Å². The quantitative estimate of drug-likeness (QED) is 0.429. The van der Waals surface area contributed by atoms with Gasteiger partial charge < -0.3 is 10.1 Å². The molecule has 1 aromatic heterocycles. The maximum absolute atomic E-state index is 11.8. The van der Waals surface area contributed by atoms with Crippen molar-refractivity contribution in [1.82, 2.24) is 14.8 Å². The largest absolute Gasteiger partial charge is 0.489 e. The van der Waals surface area contributed by atoms with Gasteiger partial charge in [-0.05, 0) is 50.5 Å². The van der Waals surface area contributed by atoms with Crippen LogP contribution in [0.25, 0.3) is 11.3 Å². The summed E-state index contributed by atoms with van der Waals surface area (Å²) in [6.07, 6.45) is 2.69. The Bertz CT molecular complexity index is 1300. The molecule has 192 valence electrons. The molecule has 0 spiro atoms. The van der Waals surface area contributed by atoms with Crippen LogP contribution >= 0.6 is 11.3 Å². The smallest absolute Gasteiger partial charge is 0.238 e. The summed E-state index contributed by atoms with van der Waals surface area (Å²) in [5.41, 5.74) is 3.72. The van der Waals surface area contributed by atoms with Crippen LogP contribution in [0.5, 0.6) is 5.75 Å². The fourth-order valence-electron chi connectivity index (χ4n) is 4.48. The summed E-state index contributed by atoms with van der Waals surface area (Å²) in [6.45, 7) is 9.43. The number of nitrogens with one attached hydrogen (secondary N) is 1. The molecule has 1 aliphatic heterocycles. The summed E-state index contributed by atoms with van der Waals surface area (Å²) in [5.74, 6) is 0.538. The second-order valence-electron chi connectivity index (χ2n) is 9.77. The maximum Gasteiger partial charge on any atom is 0.238 e. The number of anilines is 2. The number of benzene rings is 2. The SMILES string of the molecule is CC(C)Oc1ccc(S(N)(=O)=O)cc1Nc1nc(-c2ccc(CN3CCN(C4CC4)CC3)cc2)cs1. The van der Waals surface area contributed by atoms with E-state index in [-0.39, 0.29) is 11.0 Å². The van der Waals surface area contributed by atoms with E-state index in [2.05, 4.69) is 39.4 Å². The predicted molar refractivity (Wildman–Crippen MR) is 144 cm³/mol. The van der Waals surface area contributed by atoms with E-state index in [0.29, 0.717) is 16.6 Å². The van der Waals surface area contributed by atoms with E-state index in [9.17, 15) is 8.42 Å². The van der Waals surface area contributed by atoms with Gasteiger partial charge >= 0.3 is 0 Å². The first-order valence-electron chi connectivity index (χ1n) is 12.4. The third kappa shape index (κ3) is 6.24. The molecule has 3 N–H and O–H groups in total. The van der Waals surface area contributed by atoms with Gasteiger partial charge in [0.2, 0.25) is 10.0 Å². The van der Waals surface area contributed by atoms with Crippen LogP contribution in [0.1, 0.15) is 32.3 Å². The number of nitrogens with two attached hydrogens (primary N) is 1. The number of sulfonamides is 1. The highest BCUT2D eigenvalue weighted by Crippen LogP contribution is 2.34. The molecule has 10 heteroatoms. The van der Waals surface area contributed by atoms with Crippen LogP contribution in [-0.4, -0.2) is 61.5 Å². The van der Waals surface area contributed by atoms with Crippen molar-refractivity contribution in [2.45, 2.75) is 50.3 Å². The first-order chi connectivity index (χ1) is 17.2. The fourth-order valence-corrected chi connectivity index (χ4v) is 5.76. The van der Waals surface area contributed by atoms with Gasteiger partial charge in [0.25, 0.3) is 0 Å². The van der Waals surface area contributed by atoms with Crippen molar-refractivity contribution < 1.29 is 13.2 Å². The van der Waals surface area contributed by atoms with Crippen molar-refractivity contribution in [2.24, 2.45) is 5.14 Å². The number of hydrogen-bond acceptors (Lipinski definition) is 8. The summed E-state index contributed by atoms with van der Waals surface area (Å²) in [4.78, 5) is 9.90. The minimum atomic E-state index is -3.84. The zero-order valence-corrected chi connectivity index (χ0v) is 22.3. The van der Waals surface area contributed by atoms with E-state index < -0.39 is 10.0 Å². The number of nitrogens with zero attached hydrogens (tertiary/aromatic N) is 3. The topological polar surface area (TPSA) is 101 Å². The third-order valence-electron chi connectivity index (χ3n) is 6.51. The van der Waals surface area contributed by atoms with Crippen molar-refractivity contribution in [3.05, 3.63) is 53.4 Å². The Morgan fingerprint density at radius 1 is 1.11 bits per heavy atom. The lowest BCUT2D eigenvalue weighted by Crippen LogP contribution is -2.46. The maximum atomic E-state index is 11.8. The molecule has 0 amide bonds. The fraction of sp³-hybridized carbons (Fsp3) is 0.423.